The second-order valence-corrected chi connectivity index (χ2v) is 10.6. The van der Waals surface area contributed by atoms with Crippen LogP contribution in [0.1, 0.15) is 50.7 Å². The van der Waals surface area contributed by atoms with Crippen LogP contribution in [-0.2, 0) is 19.1 Å². The summed E-state index contributed by atoms with van der Waals surface area (Å²) in [6.45, 7) is 5.41. The molecule has 1 aliphatic rings. The van der Waals surface area contributed by atoms with Crippen LogP contribution in [0, 0.1) is 0 Å². The van der Waals surface area contributed by atoms with Gasteiger partial charge >= 0.3 is 12.1 Å². The SMILES string of the molecule is CC(C)(C)OC(=O)CC[C@H](NC(=O)OCC1c2ccccc2-c2ccccc21)C(=O)Nc1cccc(Cl)c1. The average Bonchev–Trinajstić information content (AvgIpc) is 3.18. The van der Waals surface area contributed by atoms with Gasteiger partial charge in [-0.2, -0.15) is 0 Å². The summed E-state index contributed by atoms with van der Waals surface area (Å²) in [4.78, 5) is 38.2. The van der Waals surface area contributed by atoms with Gasteiger partial charge in [0.1, 0.15) is 18.2 Å². The fraction of sp³-hybridized carbons (Fsp3) is 0.300. The van der Waals surface area contributed by atoms with E-state index in [-0.39, 0.29) is 25.4 Å². The van der Waals surface area contributed by atoms with Crippen LogP contribution >= 0.6 is 11.6 Å². The molecule has 0 saturated carbocycles. The third kappa shape index (κ3) is 6.92. The molecule has 2 amide bonds. The summed E-state index contributed by atoms with van der Waals surface area (Å²) in [6, 6.07) is 21.7. The first-order valence-electron chi connectivity index (χ1n) is 12.5. The Morgan fingerprint density at radius 1 is 0.921 bits per heavy atom. The van der Waals surface area contributed by atoms with Crippen molar-refractivity contribution in [3.05, 3.63) is 88.9 Å². The van der Waals surface area contributed by atoms with Gasteiger partial charge in [-0.15, -0.1) is 0 Å². The molecule has 2 N–H and O–H groups in total. The van der Waals surface area contributed by atoms with Crippen molar-refractivity contribution in [1.82, 2.24) is 5.32 Å². The quantitative estimate of drug-likeness (QED) is 0.330. The maximum atomic E-state index is 13.1. The van der Waals surface area contributed by atoms with Crippen LogP contribution in [0.4, 0.5) is 10.5 Å². The van der Waals surface area contributed by atoms with E-state index in [0.29, 0.717) is 10.7 Å². The number of nitrogens with one attached hydrogen (secondary N) is 2. The van der Waals surface area contributed by atoms with E-state index in [4.69, 9.17) is 21.1 Å². The highest BCUT2D eigenvalue weighted by molar-refractivity contribution is 6.30. The summed E-state index contributed by atoms with van der Waals surface area (Å²) in [5.74, 6) is -1.08. The van der Waals surface area contributed by atoms with Crippen molar-refractivity contribution in [3.8, 4) is 11.1 Å². The Morgan fingerprint density at radius 3 is 2.16 bits per heavy atom. The van der Waals surface area contributed by atoms with Crippen LogP contribution in [0.2, 0.25) is 5.02 Å². The van der Waals surface area contributed by atoms with E-state index in [2.05, 4.69) is 22.8 Å². The Morgan fingerprint density at radius 2 is 1.55 bits per heavy atom. The molecular formula is C30H31ClN2O5. The van der Waals surface area contributed by atoms with E-state index in [1.807, 2.05) is 36.4 Å². The molecule has 0 spiro atoms. The van der Waals surface area contributed by atoms with Gasteiger partial charge in [0.2, 0.25) is 5.91 Å². The molecule has 0 aliphatic heterocycles. The first-order chi connectivity index (χ1) is 18.1. The van der Waals surface area contributed by atoms with E-state index in [1.165, 1.54) is 0 Å². The number of halogens is 1. The van der Waals surface area contributed by atoms with Gasteiger partial charge in [0, 0.05) is 23.0 Å². The van der Waals surface area contributed by atoms with Gasteiger partial charge < -0.3 is 20.1 Å². The van der Waals surface area contributed by atoms with E-state index in [0.717, 1.165) is 22.3 Å². The topological polar surface area (TPSA) is 93.7 Å². The van der Waals surface area contributed by atoms with Gasteiger partial charge in [0.15, 0.2) is 0 Å². The van der Waals surface area contributed by atoms with Crippen molar-refractivity contribution in [2.45, 2.75) is 51.2 Å². The van der Waals surface area contributed by atoms with E-state index < -0.39 is 29.6 Å². The number of fused-ring (bicyclic) bond motifs is 3. The van der Waals surface area contributed by atoms with Crippen LogP contribution in [-0.4, -0.2) is 36.2 Å². The maximum absolute atomic E-state index is 13.1. The lowest BCUT2D eigenvalue weighted by atomic mass is 9.98. The lowest BCUT2D eigenvalue weighted by molar-refractivity contribution is -0.155. The van der Waals surface area contributed by atoms with Crippen LogP contribution in [0.15, 0.2) is 72.8 Å². The Kier molecular flexibility index (Phi) is 8.37. The number of rotatable bonds is 8. The van der Waals surface area contributed by atoms with Crippen molar-refractivity contribution >= 4 is 35.3 Å². The second kappa shape index (κ2) is 11.7. The molecule has 0 radical (unpaired) electrons. The number of amides is 2. The molecule has 8 heteroatoms. The fourth-order valence-corrected chi connectivity index (χ4v) is 4.69. The van der Waals surface area contributed by atoms with Crippen LogP contribution in [0.5, 0.6) is 0 Å². The number of benzene rings is 3. The summed E-state index contributed by atoms with van der Waals surface area (Å²) in [5, 5.41) is 5.82. The highest BCUT2D eigenvalue weighted by Gasteiger charge is 2.30. The highest BCUT2D eigenvalue weighted by Crippen LogP contribution is 2.44. The zero-order valence-corrected chi connectivity index (χ0v) is 22.4. The molecule has 4 rings (SSSR count). The summed E-state index contributed by atoms with van der Waals surface area (Å²) < 4.78 is 11.0. The first kappa shape index (κ1) is 27.2. The van der Waals surface area contributed by atoms with Crippen molar-refractivity contribution in [2.75, 3.05) is 11.9 Å². The van der Waals surface area contributed by atoms with Gasteiger partial charge in [-0.05, 0) is 67.6 Å². The number of hydrogen-bond donors (Lipinski definition) is 2. The van der Waals surface area contributed by atoms with Crippen molar-refractivity contribution < 1.29 is 23.9 Å². The third-order valence-corrected chi connectivity index (χ3v) is 6.34. The fourth-order valence-electron chi connectivity index (χ4n) is 4.50. The lowest BCUT2D eigenvalue weighted by Crippen LogP contribution is -2.44. The Balaban J connectivity index is 1.43. The molecule has 3 aromatic rings. The molecule has 3 aromatic carbocycles. The molecule has 0 unspecified atom stereocenters. The van der Waals surface area contributed by atoms with Crippen LogP contribution in [0.25, 0.3) is 11.1 Å². The number of carbonyl (C=O) groups excluding carboxylic acids is 3. The number of carbonyl (C=O) groups is 3. The number of esters is 1. The zero-order valence-electron chi connectivity index (χ0n) is 21.6. The number of hydrogen-bond acceptors (Lipinski definition) is 5. The van der Waals surface area contributed by atoms with Gasteiger partial charge in [-0.25, -0.2) is 4.79 Å². The van der Waals surface area contributed by atoms with Gasteiger partial charge in [-0.3, -0.25) is 9.59 Å². The van der Waals surface area contributed by atoms with Crippen molar-refractivity contribution in [1.29, 1.82) is 0 Å². The van der Waals surface area contributed by atoms with E-state index >= 15 is 0 Å². The predicted octanol–water partition coefficient (Wildman–Crippen LogP) is 6.31. The van der Waals surface area contributed by atoms with Crippen LogP contribution in [0.3, 0.4) is 0 Å². The smallest absolute Gasteiger partial charge is 0.407 e. The van der Waals surface area contributed by atoms with Crippen molar-refractivity contribution in [2.24, 2.45) is 0 Å². The standard InChI is InChI=1S/C30H31ClN2O5/c1-30(2,3)38-27(34)16-15-26(28(35)32-20-10-8-9-19(31)17-20)33-29(36)37-18-25-23-13-6-4-11-21(23)22-12-5-7-14-24(22)25/h4-14,17,25-26H,15-16,18H2,1-3H3,(H,32,35)(H,33,36)/t26-/m0/s1. The minimum atomic E-state index is -1.03. The number of anilines is 1. The lowest BCUT2D eigenvalue weighted by Gasteiger charge is -2.22. The monoisotopic (exact) mass is 534 g/mol. The molecule has 0 saturated heterocycles. The van der Waals surface area contributed by atoms with E-state index in [9.17, 15) is 14.4 Å². The molecule has 7 nitrogen and oxygen atoms in total. The van der Waals surface area contributed by atoms with Gasteiger partial charge in [0.05, 0.1) is 0 Å². The zero-order chi connectivity index (χ0) is 27.3. The summed E-state index contributed by atoms with van der Waals surface area (Å²) >= 11 is 6.03. The van der Waals surface area contributed by atoms with Crippen molar-refractivity contribution in [3.63, 3.8) is 0 Å². The Hall–Kier alpha value is -3.84. The van der Waals surface area contributed by atoms with Crippen LogP contribution < -0.4 is 10.6 Å². The Bertz CT molecular complexity index is 1290. The maximum Gasteiger partial charge on any atom is 0.407 e. The first-order valence-corrected chi connectivity index (χ1v) is 12.9. The molecule has 0 aromatic heterocycles. The average molecular weight is 535 g/mol. The molecule has 198 valence electrons. The normalized spacial score (nSPS) is 13.2. The Labute approximate surface area is 227 Å². The summed E-state index contributed by atoms with van der Waals surface area (Å²) in [5.41, 5.74) is 4.22. The molecular weight excluding hydrogens is 504 g/mol. The van der Waals surface area contributed by atoms with Gasteiger partial charge in [-0.1, -0.05) is 66.2 Å². The minimum absolute atomic E-state index is 0.0332. The van der Waals surface area contributed by atoms with Gasteiger partial charge in [0.25, 0.3) is 0 Å². The minimum Gasteiger partial charge on any atom is -0.460 e. The molecule has 0 fully saturated rings. The molecule has 1 atom stereocenters. The molecule has 1 aliphatic carbocycles. The molecule has 0 heterocycles. The largest absolute Gasteiger partial charge is 0.460 e. The highest BCUT2D eigenvalue weighted by atomic mass is 35.5. The third-order valence-electron chi connectivity index (χ3n) is 6.10. The second-order valence-electron chi connectivity index (χ2n) is 10.1. The molecule has 0 bridgehead atoms. The molecule has 38 heavy (non-hydrogen) atoms. The number of ether oxygens (including phenoxy) is 2. The number of alkyl carbamates (subject to hydrolysis) is 1. The summed E-state index contributed by atoms with van der Waals surface area (Å²) in [6.07, 6.45) is -0.776. The summed E-state index contributed by atoms with van der Waals surface area (Å²) in [7, 11) is 0. The van der Waals surface area contributed by atoms with E-state index in [1.54, 1.807) is 45.0 Å². The predicted molar refractivity (Wildman–Crippen MR) is 147 cm³/mol.